The molecule has 0 N–H and O–H groups in total. The molecule has 0 bridgehead atoms. The highest BCUT2D eigenvalue weighted by Crippen LogP contribution is 2.45. The van der Waals surface area contributed by atoms with Gasteiger partial charge in [0.2, 0.25) is 0 Å². The summed E-state index contributed by atoms with van der Waals surface area (Å²) in [6, 6.07) is 120. The Morgan fingerprint density at radius 1 is 0.341 bits per heavy atom. The molecule has 13 aromatic rings. The summed E-state index contributed by atoms with van der Waals surface area (Å²) in [6.45, 7) is 0. The van der Waals surface area contributed by atoms with Gasteiger partial charge in [-0.15, -0.1) is 0 Å². The number of fused-ring (bicyclic) bond motifs is 4. The summed E-state index contributed by atoms with van der Waals surface area (Å²) in [5.74, 6) is 0. The van der Waals surface area contributed by atoms with Crippen LogP contribution in [0.2, 0.25) is 15.1 Å². The third-order valence-electron chi connectivity index (χ3n) is 16.7. The first kappa shape index (κ1) is 66.4. The fourth-order valence-electron chi connectivity index (χ4n) is 13.1. The van der Waals surface area contributed by atoms with Crippen molar-refractivity contribution in [3.63, 3.8) is 0 Å². The van der Waals surface area contributed by atoms with Gasteiger partial charge in [-0.2, -0.15) is 13.5 Å². The van der Waals surface area contributed by atoms with Gasteiger partial charge in [-0.25, -0.2) is 0 Å². The average Bonchev–Trinajstić information content (AvgIpc) is 0.695. The van der Waals surface area contributed by atoms with Gasteiger partial charge >= 0.3 is 0 Å². The maximum atomic E-state index is 6.77. The predicted molar refractivity (Wildman–Crippen MR) is 425 cm³/mol. The van der Waals surface area contributed by atoms with Crippen molar-refractivity contribution in [2.45, 2.75) is 7.43 Å². The first-order valence-electron chi connectivity index (χ1n) is 29.2. The van der Waals surface area contributed by atoms with Crippen molar-refractivity contribution in [2.75, 3.05) is 0 Å². The molecule has 0 fully saturated rings. The Hall–Kier alpha value is -6.02. The maximum absolute atomic E-state index is 6.77. The minimum atomic E-state index is -2.65. The summed E-state index contributed by atoms with van der Waals surface area (Å²) < 4.78 is 2.18. The van der Waals surface area contributed by atoms with E-state index in [1.165, 1.54) is 89.2 Å². The van der Waals surface area contributed by atoms with Gasteiger partial charge in [-0.1, -0.05) is 383 Å². The third-order valence-corrected chi connectivity index (χ3v) is 40.0. The molecule has 12 heteroatoms. The maximum Gasteiger partial charge on any atom is 0.181 e. The molecule has 3 unspecified atom stereocenters. The Labute approximate surface area is 584 Å². The minimum absolute atomic E-state index is 0. The van der Waals surface area contributed by atoms with Gasteiger partial charge in [0.05, 0.1) is 0 Å². The second-order valence-corrected chi connectivity index (χ2v) is 40.8. The van der Waals surface area contributed by atoms with Crippen LogP contribution >= 0.6 is 102 Å². The second-order valence-electron chi connectivity index (χ2n) is 21.7. The Balaban J connectivity index is 0.000000142. The highest BCUT2D eigenvalue weighted by molar-refractivity contribution is 9.11. The molecule has 15 rings (SSSR count). The van der Waals surface area contributed by atoms with E-state index in [1.807, 2.05) is 30.3 Å². The van der Waals surface area contributed by atoms with Crippen LogP contribution in [0, 0.1) is 0 Å². The van der Waals surface area contributed by atoms with E-state index >= 15 is 0 Å². The van der Waals surface area contributed by atoms with Crippen LogP contribution in [0.1, 0.15) is 7.43 Å². The van der Waals surface area contributed by atoms with E-state index < -0.39 is 38.0 Å². The molecule has 0 amide bonds. The van der Waals surface area contributed by atoms with E-state index in [4.69, 9.17) is 46.6 Å². The van der Waals surface area contributed by atoms with Crippen molar-refractivity contribution in [1.82, 2.24) is 0 Å². The SMILES string of the molecule is C.Clc1ccc(P(c2ccccc2)c2ccccc2Br)c(Br)c1.Clc1ccc2c(c1)[Si](c1ccccc1)(c1ccccc1)c1ccccc1P2c1ccccc1.S.S=P1(c2ccccc2)c2ccccc2[Si](c2ccccc2)(c2ccccc2)c2cc(Cl)ccc21. The molecule has 2 heterocycles. The lowest BCUT2D eigenvalue weighted by Gasteiger charge is -2.45. The van der Waals surface area contributed by atoms with Gasteiger partial charge in [-0.3, -0.25) is 0 Å². The van der Waals surface area contributed by atoms with Crippen molar-refractivity contribution in [2.24, 2.45) is 0 Å². The molecule has 0 saturated heterocycles. The molecule has 3 atom stereocenters. The van der Waals surface area contributed by atoms with E-state index in [1.54, 1.807) is 0 Å². The number of hydrogen-bond acceptors (Lipinski definition) is 1. The number of benzene rings is 13. The Morgan fingerprint density at radius 2 is 0.725 bits per heavy atom. The van der Waals surface area contributed by atoms with Crippen LogP contribution in [0.5, 0.6) is 0 Å². The van der Waals surface area contributed by atoms with Gasteiger partial charge in [0, 0.05) is 30.1 Å². The third kappa shape index (κ3) is 12.6. The molecule has 0 radical (unpaired) electrons. The molecule has 0 saturated carbocycles. The number of halogens is 5. The predicted octanol–water partition coefficient (Wildman–Crippen LogP) is 13.9. The molecule has 2 aliphatic heterocycles. The number of rotatable bonds is 9. The molecule has 0 aliphatic carbocycles. The van der Waals surface area contributed by atoms with E-state index in [0.717, 1.165) is 24.0 Å². The minimum Gasteiger partial charge on any atom is -0.197 e. The van der Waals surface area contributed by atoms with Crippen LogP contribution in [-0.4, -0.2) is 16.1 Å². The topological polar surface area (TPSA) is 0 Å². The lowest BCUT2D eigenvalue weighted by Crippen LogP contribution is -2.81. The second kappa shape index (κ2) is 29.5. The van der Waals surface area contributed by atoms with E-state index in [2.05, 4.69) is 341 Å². The summed E-state index contributed by atoms with van der Waals surface area (Å²) in [6.07, 6.45) is 0. The normalized spacial score (nSPS) is 15.5. The largest absolute Gasteiger partial charge is 0.197 e. The van der Waals surface area contributed by atoms with Crippen molar-refractivity contribution < 1.29 is 0 Å². The Bertz CT molecular complexity index is 4600. The molecule has 0 spiro atoms. The van der Waals surface area contributed by atoms with Crippen LogP contribution < -0.4 is 89.2 Å². The Kier molecular flexibility index (Phi) is 21.5. The summed E-state index contributed by atoms with van der Waals surface area (Å²) in [5, 5.41) is 25.4. The summed E-state index contributed by atoms with van der Waals surface area (Å²) in [4.78, 5) is 0. The van der Waals surface area contributed by atoms with Gasteiger partial charge in [0.1, 0.15) is 0 Å². The van der Waals surface area contributed by atoms with Crippen molar-refractivity contribution in [3.8, 4) is 0 Å². The molecular weight excluding hydrogens is 1430 g/mol. The zero-order valence-corrected chi connectivity index (χ0v) is 60.4. The summed E-state index contributed by atoms with van der Waals surface area (Å²) in [7, 11) is -6.53. The molecule has 2 aliphatic rings. The fourth-order valence-corrected chi connectivity index (χ4v) is 38.4. The van der Waals surface area contributed by atoms with E-state index in [-0.39, 0.29) is 20.9 Å². The van der Waals surface area contributed by atoms with Crippen molar-refractivity contribution in [1.29, 1.82) is 0 Å². The van der Waals surface area contributed by atoms with Crippen LogP contribution in [0.25, 0.3) is 0 Å². The van der Waals surface area contributed by atoms with Crippen LogP contribution in [0.15, 0.2) is 349 Å². The van der Waals surface area contributed by atoms with Gasteiger partial charge in [-0.05, 0) is 148 Å². The average molecular weight is 1490 g/mol. The zero-order valence-electron chi connectivity index (χ0n) is 48.5. The highest BCUT2D eigenvalue weighted by Gasteiger charge is 2.52. The molecule has 0 nitrogen and oxygen atoms in total. The molecule has 448 valence electrons. The van der Waals surface area contributed by atoms with Crippen LogP contribution in [0.3, 0.4) is 0 Å². The molecule has 13 aromatic carbocycles. The summed E-state index contributed by atoms with van der Waals surface area (Å²) >= 11 is 33.7. The first-order valence-corrected chi connectivity index (χ1v) is 41.4. The quantitative estimate of drug-likeness (QED) is 0.103. The van der Waals surface area contributed by atoms with Crippen LogP contribution in [-0.2, 0) is 11.8 Å². The van der Waals surface area contributed by atoms with Crippen LogP contribution in [0.4, 0.5) is 0 Å². The highest BCUT2D eigenvalue weighted by atomic mass is 79.9. The van der Waals surface area contributed by atoms with Crippen molar-refractivity contribution in [3.05, 3.63) is 364 Å². The molecular formula is C79H62Br2Cl3P3S2Si2. The smallest absolute Gasteiger partial charge is 0.181 e. The Morgan fingerprint density at radius 3 is 1.27 bits per heavy atom. The van der Waals surface area contributed by atoms with Gasteiger partial charge < -0.3 is 0 Å². The molecule has 0 aromatic heterocycles. The number of hydrogen-bond donors (Lipinski definition) is 0. The lowest BCUT2D eigenvalue weighted by molar-refractivity contribution is 1.67. The van der Waals surface area contributed by atoms with Gasteiger partial charge in [0.25, 0.3) is 0 Å². The first-order chi connectivity index (χ1) is 43.6. The zero-order chi connectivity index (χ0) is 61.0. The summed E-state index contributed by atoms with van der Waals surface area (Å²) in [5.41, 5.74) is 0. The van der Waals surface area contributed by atoms with E-state index in [9.17, 15) is 0 Å². The standard InChI is InChI=1S/C30H22ClPSSi.C30H22ClPSi.C18H12Br2ClP.CH4.H2S/c31-23-20-21-28-30(22-23)34(25-14-6-2-7-15-25,26-16-8-3-9-17-26)29-19-11-10-18-27(29)32(28,33)24-12-4-1-5-13-24;31-23-20-21-28-30(22-23)33(25-14-6-2-7-15-25,26-16-8-3-9-17-26)29-19-11-10-18-27(29)32(28)24-12-4-1-5-13-24;19-15-8-4-5-9-17(15)22(14-6-2-1-3-7-14)18-11-10-13(21)12-16(18)20;;/h1-22H;1-22H;1-12H;1H4;1H2. The van der Waals surface area contributed by atoms with Gasteiger partial charge in [0.15, 0.2) is 16.1 Å². The van der Waals surface area contributed by atoms with Crippen molar-refractivity contribution >= 4 is 219 Å². The fraction of sp³-hybridized carbons (Fsp3) is 0.0127. The van der Waals surface area contributed by atoms with E-state index in [0.29, 0.717) is 0 Å². The lowest BCUT2D eigenvalue weighted by atomic mass is 10.3. The monoisotopic (exact) mass is 1490 g/mol. The molecule has 91 heavy (non-hydrogen) atoms.